The number of urea groups is 1. The Morgan fingerprint density at radius 1 is 1.24 bits per heavy atom. The van der Waals surface area contributed by atoms with Crippen LogP contribution in [0.2, 0.25) is 0 Å². The van der Waals surface area contributed by atoms with Gasteiger partial charge in [0, 0.05) is 0 Å². The molecular weight excluding hydrogens is 216 g/mol. The first-order chi connectivity index (χ1) is 8.02. The number of benzene rings is 1. The van der Waals surface area contributed by atoms with Crippen LogP contribution in [0.5, 0.6) is 0 Å². The molecule has 0 aromatic heterocycles. The predicted octanol–water partition coefficient (Wildman–Crippen LogP) is 1.59. The van der Waals surface area contributed by atoms with E-state index in [0.717, 1.165) is 28.9 Å². The van der Waals surface area contributed by atoms with Gasteiger partial charge in [0.2, 0.25) is 5.96 Å². The molecule has 0 spiro atoms. The molecule has 92 valence electrons. The molecule has 0 atom stereocenters. The molecule has 0 saturated carbocycles. The third-order valence-corrected chi connectivity index (χ3v) is 2.65. The maximum atomic E-state index is 11.4. The van der Waals surface area contributed by atoms with Gasteiger partial charge in [-0.2, -0.15) is 0 Å². The van der Waals surface area contributed by atoms with Crippen molar-refractivity contribution in [3.05, 3.63) is 29.3 Å². The molecule has 0 radical (unpaired) electrons. The number of aryl methyl sites for hydroxylation is 2. The standard InChI is InChI=1S/C12H18N4O/c1-3-8-6-5-7-9(4-2)10(8)16(11(13)14)12(15)17/h5-7H,3-4H2,1-2H3,(H3,13,14)(H2,15,17). The highest BCUT2D eigenvalue weighted by molar-refractivity contribution is 6.14. The lowest BCUT2D eigenvalue weighted by atomic mass is 10.0. The van der Waals surface area contributed by atoms with Crippen LogP contribution in [0.3, 0.4) is 0 Å². The van der Waals surface area contributed by atoms with Crippen LogP contribution in [0.1, 0.15) is 25.0 Å². The number of hydrogen-bond donors (Lipinski definition) is 3. The number of guanidine groups is 1. The minimum absolute atomic E-state index is 0.354. The number of para-hydroxylation sites is 1. The molecule has 0 aliphatic rings. The van der Waals surface area contributed by atoms with Crippen molar-refractivity contribution >= 4 is 17.7 Å². The number of nitrogens with zero attached hydrogens (tertiary/aromatic N) is 1. The lowest BCUT2D eigenvalue weighted by Crippen LogP contribution is -2.45. The Balaban J connectivity index is 3.44. The van der Waals surface area contributed by atoms with E-state index >= 15 is 0 Å². The Morgan fingerprint density at radius 2 is 1.71 bits per heavy atom. The van der Waals surface area contributed by atoms with Gasteiger partial charge in [-0.3, -0.25) is 5.41 Å². The smallest absolute Gasteiger partial charge is 0.326 e. The van der Waals surface area contributed by atoms with E-state index in [4.69, 9.17) is 16.9 Å². The number of amides is 2. The highest BCUT2D eigenvalue weighted by Crippen LogP contribution is 2.26. The zero-order valence-electron chi connectivity index (χ0n) is 10.2. The zero-order valence-corrected chi connectivity index (χ0v) is 10.2. The molecule has 2 amide bonds. The van der Waals surface area contributed by atoms with Crippen molar-refractivity contribution in [3.63, 3.8) is 0 Å². The van der Waals surface area contributed by atoms with Crippen LogP contribution in [-0.4, -0.2) is 12.0 Å². The van der Waals surface area contributed by atoms with Gasteiger partial charge >= 0.3 is 6.03 Å². The molecule has 17 heavy (non-hydrogen) atoms. The van der Waals surface area contributed by atoms with Crippen molar-refractivity contribution < 1.29 is 4.79 Å². The van der Waals surface area contributed by atoms with Crippen molar-refractivity contribution in [1.82, 2.24) is 0 Å². The highest BCUT2D eigenvalue weighted by atomic mass is 16.2. The first-order valence-electron chi connectivity index (χ1n) is 5.57. The molecule has 5 heteroatoms. The monoisotopic (exact) mass is 234 g/mol. The van der Waals surface area contributed by atoms with Gasteiger partial charge in [0.15, 0.2) is 0 Å². The van der Waals surface area contributed by atoms with Crippen LogP contribution >= 0.6 is 0 Å². The number of rotatable bonds is 3. The van der Waals surface area contributed by atoms with Gasteiger partial charge in [-0.25, -0.2) is 9.69 Å². The van der Waals surface area contributed by atoms with E-state index in [2.05, 4.69) is 0 Å². The molecule has 1 aromatic carbocycles. The second-order valence-electron chi connectivity index (χ2n) is 3.69. The maximum Gasteiger partial charge on any atom is 0.326 e. The van der Waals surface area contributed by atoms with Gasteiger partial charge < -0.3 is 11.5 Å². The minimum Gasteiger partial charge on any atom is -0.369 e. The Morgan fingerprint density at radius 3 is 2.00 bits per heavy atom. The summed E-state index contributed by atoms with van der Waals surface area (Å²) >= 11 is 0. The van der Waals surface area contributed by atoms with Gasteiger partial charge in [-0.05, 0) is 24.0 Å². The quantitative estimate of drug-likeness (QED) is 0.547. The van der Waals surface area contributed by atoms with Crippen molar-refractivity contribution in [2.45, 2.75) is 26.7 Å². The Bertz CT molecular complexity index is 406. The Labute approximate surface area is 101 Å². The summed E-state index contributed by atoms with van der Waals surface area (Å²) in [5.74, 6) is -0.354. The molecule has 5 nitrogen and oxygen atoms in total. The van der Waals surface area contributed by atoms with Crippen LogP contribution in [0, 0.1) is 5.41 Å². The fourth-order valence-electron chi connectivity index (χ4n) is 1.85. The third kappa shape index (κ3) is 2.55. The molecule has 0 aliphatic carbocycles. The first kappa shape index (κ1) is 13.0. The van der Waals surface area contributed by atoms with Gasteiger partial charge in [0.05, 0.1) is 5.69 Å². The summed E-state index contributed by atoms with van der Waals surface area (Å²) in [6.07, 6.45) is 1.50. The molecule has 5 N–H and O–H groups in total. The molecule has 1 aromatic rings. The average molecular weight is 234 g/mol. The van der Waals surface area contributed by atoms with Crippen LogP contribution in [-0.2, 0) is 12.8 Å². The molecule has 0 bridgehead atoms. The number of anilines is 1. The van der Waals surface area contributed by atoms with Gasteiger partial charge in [-0.1, -0.05) is 32.0 Å². The molecule has 0 fully saturated rings. The summed E-state index contributed by atoms with van der Waals surface area (Å²) in [4.78, 5) is 12.5. The van der Waals surface area contributed by atoms with Gasteiger partial charge in [0.25, 0.3) is 0 Å². The SMILES string of the molecule is CCc1cccc(CC)c1N(C(=N)N)C(N)=O. The number of primary amides is 1. The Hall–Kier alpha value is -2.04. The fraction of sp³-hybridized carbons (Fsp3) is 0.333. The van der Waals surface area contributed by atoms with E-state index < -0.39 is 6.03 Å². The van der Waals surface area contributed by atoms with Gasteiger partial charge in [0.1, 0.15) is 0 Å². The maximum absolute atomic E-state index is 11.4. The average Bonchev–Trinajstić information content (AvgIpc) is 2.28. The number of hydrogen-bond acceptors (Lipinski definition) is 2. The number of nitrogens with one attached hydrogen (secondary N) is 1. The first-order valence-corrected chi connectivity index (χ1v) is 5.57. The lowest BCUT2D eigenvalue weighted by Gasteiger charge is -2.23. The molecular formula is C12H18N4O. The van der Waals surface area contributed by atoms with E-state index in [1.54, 1.807) is 0 Å². The lowest BCUT2D eigenvalue weighted by molar-refractivity contribution is 0.256. The fourth-order valence-corrected chi connectivity index (χ4v) is 1.85. The van der Waals surface area contributed by atoms with Crippen molar-refractivity contribution in [3.8, 4) is 0 Å². The summed E-state index contributed by atoms with van der Waals surface area (Å²) in [6, 6.07) is 5.02. The van der Waals surface area contributed by atoms with E-state index in [-0.39, 0.29) is 5.96 Å². The Kier molecular flexibility index (Phi) is 4.09. The molecule has 0 unspecified atom stereocenters. The summed E-state index contributed by atoms with van der Waals surface area (Å²) in [7, 11) is 0. The highest BCUT2D eigenvalue weighted by Gasteiger charge is 2.20. The van der Waals surface area contributed by atoms with E-state index in [0.29, 0.717) is 5.69 Å². The summed E-state index contributed by atoms with van der Waals surface area (Å²) in [5, 5.41) is 7.47. The second kappa shape index (κ2) is 5.34. The molecule has 1 rings (SSSR count). The summed E-state index contributed by atoms with van der Waals surface area (Å²) < 4.78 is 0. The van der Waals surface area contributed by atoms with Crippen molar-refractivity contribution in [1.29, 1.82) is 5.41 Å². The molecule has 0 heterocycles. The molecule has 0 saturated heterocycles. The molecule has 0 aliphatic heterocycles. The van der Waals surface area contributed by atoms with Crippen LogP contribution < -0.4 is 16.4 Å². The summed E-state index contributed by atoms with van der Waals surface area (Å²) in [5.41, 5.74) is 13.3. The number of nitrogens with two attached hydrogens (primary N) is 2. The van der Waals surface area contributed by atoms with Crippen LogP contribution in [0.25, 0.3) is 0 Å². The second-order valence-corrected chi connectivity index (χ2v) is 3.69. The largest absolute Gasteiger partial charge is 0.369 e. The van der Waals surface area contributed by atoms with E-state index in [1.165, 1.54) is 0 Å². The van der Waals surface area contributed by atoms with E-state index in [1.807, 2.05) is 32.0 Å². The number of carbonyl (C=O) groups is 1. The van der Waals surface area contributed by atoms with Crippen LogP contribution in [0.4, 0.5) is 10.5 Å². The van der Waals surface area contributed by atoms with Crippen LogP contribution in [0.15, 0.2) is 18.2 Å². The predicted molar refractivity (Wildman–Crippen MR) is 69.2 cm³/mol. The van der Waals surface area contributed by atoms with Gasteiger partial charge in [-0.15, -0.1) is 0 Å². The van der Waals surface area contributed by atoms with E-state index in [9.17, 15) is 4.79 Å². The topological polar surface area (TPSA) is 96.2 Å². The normalized spacial score (nSPS) is 10.0. The summed E-state index contributed by atoms with van der Waals surface area (Å²) in [6.45, 7) is 3.97. The number of carbonyl (C=O) groups excluding carboxylic acids is 1. The zero-order chi connectivity index (χ0) is 13.0. The third-order valence-electron chi connectivity index (χ3n) is 2.65. The van der Waals surface area contributed by atoms with Crippen molar-refractivity contribution in [2.75, 3.05) is 4.90 Å². The van der Waals surface area contributed by atoms with Crippen molar-refractivity contribution in [2.24, 2.45) is 11.5 Å². The minimum atomic E-state index is -0.729.